The molecule has 2 unspecified atom stereocenters. The summed E-state index contributed by atoms with van der Waals surface area (Å²) in [6, 6.07) is 1.11. The Hall–Kier alpha value is -4.56. The van der Waals surface area contributed by atoms with E-state index in [1.54, 1.807) is 17.6 Å². The number of benzene rings is 1. The van der Waals surface area contributed by atoms with Crippen LogP contribution in [0.4, 0.5) is 4.39 Å². The normalized spacial score (nSPS) is 15.4. The first-order valence-electron chi connectivity index (χ1n) is 16.8. The minimum Gasteiger partial charge on any atom is -0.668 e. The van der Waals surface area contributed by atoms with Crippen molar-refractivity contribution in [1.29, 1.82) is 0 Å². The van der Waals surface area contributed by atoms with Gasteiger partial charge in [0.2, 0.25) is 17.7 Å². The smallest absolute Gasteiger partial charge is 0.340 e. The maximum atomic E-state index is 14.5. The summed E-state index contributed by atoms with van der Waals surface area (Å²) >= 11 is 0. The van der Waals surface area contributed by atoms with Crippen LogP contribution >= 0.6 is 0 Å². The van der Waals surface area contributed by atoms with E-state index in [1.165, 1.54) is 13.0 Å². The third kappa shape index (κ3) is 9.08. The second-order valence-electron chi connectivity index (χ2n) is 11.6. The van der Waals surface area contributed by atoms with Crippen LogP contribution in [-0.4, -0.2) is 62.9 Å². The number of esters is 1. The van der Waals surface area contributed by atoms with Gasteiger partial charge in [0.05, 0.1) is 47.5 Å². The molecule has 1 aromatic carbocycles. The van der Waals surface area contributed by atoms with Gasteiger partial charge in [-0.2, -0.15) is 0 Å². The van der Waals surface area contributed by atoms with Crippen molar-refractivity contribution in [3.8, 4) is 11.4 Å². The molecule has 0 spiro atoms. The number of pyridine rings is 2. The number of aliphatic hydroxyl groups is 1. The average Bonchev–Trinajstić information content (AvgIpc) is 3.48. The number of rotatable bonds is 7. The molecule has 17 heteroatoms. The molecule has 2 aromatic heterocycles. The van der Waals surface area contributed by atoms with Crippen molar-refractivity contribution in [3.05, 3.63) is 67.4 Å². The Morgan fingerprint density at radius 2 is 1.73 bits per heavy atom. The molecular weight excluding hydrogens is 772 g/mol. The Morgan fingerprint density at radius 3 is 2.33 bits per heavy atom. The fourth-order valence-corrected chi connectivity index (χ4v) is 6.05. The molecule has 3 atom stereocenters. The van der Waals surface area contributed by atoms with E-state index in [0.29, 0.717) is 34.6 Å². The molecule has 4 heterocycles. The van der Waals surface area contributed by atoms with E-state index in [4.69, 9.17) is 26.9 Å². The predicted molar refractivity (Wildman–Crippen MR) is 186 cm³/mol. The van der Waals surface area contributed by atoms with Crippen LogP contribution in [0.25, 0.3) is 28.0 Å². The maximum absolute atomic E-state index is 14.5. The minimum absolute atomic E-state index is 0. The molecule has 0 radical (unpaired) electrons. The number of carbonyl (C=O) groups excluding carboxylic acids is 5. The van der Waals surface area contributed by atoms with Crippen LogP contribution in [0.15, 0.2) is 16.9 Å². The Labute approximate surface area is 313 Å². The van der Waals surface area contributed by atoms with E-state index < -0.39 is 60.8 Å². The van der Waals surface area contributed by atoms with Crippen molar-refractivity contribution in [3.63, 3.8) is 0 Å². The number of nitrogens with zero attached hydrogens (tertiary/aromatic N) is 2. The van der Waals surface area contributed by atoms with Gasteiger partial charge in [-0.15, -0.1) is 0 Å². The number of halogens is 1. The zero-order valence-corrected chi connectivity index (χ0v) is 31.4. The third-order valence-electron chi connectivity index (χ3n) is 8.45. The minimum atomic E-state index is -1.48. The molecule has 3 aromatic rings. The van der Waals surface area contributed by atoms with E-state index >= 15 is 0 Å². The van der Waals surface area contributed by atoms with Crippen molar-refractivity contribution in [1.82, 2.24) is 20.2 Å². The Kier molecular flexibility index (Phi) is 15.8. The van der Waals surface area contributed by atoms with Gasteiger partial charge in [0, 0.05) is 49.4 Å². The number of aliphatic hydroxyl groups excluding tert-OH is 1. The molecule has 2 aliphatic heterocycles. The summed E-state index contributed by atoms with van der Waals surface area (Å²) in [7, 11) is 0. The maximum Gasteiger partial charge on any atom is 0.340 e. The van der Waals surface area contributed by atoms with Crippen molar-refractivity contribution >= 4 is 40.5 Å². The standard InChI is InChI=1S/C22H17FN2O4.C9H17N5O4.2C2H6.Pd/c1-9-10-3-2-4-11-13-7-25-17(19(13)24-16(18(10)11)6-15(9)23)5-12-14(21(25)27)8-29-22(28)20(12)26;1-4(10)9(18)13-3-7(16)14-5(8(12)17)2-6(11)15;2*1-2;/h5-6,20,26H,2-4,7-8H2,1H3;4-5H,2-3,10H2,1H3,(H6,11,12,13,14,15,16,17,18);2*1-2H3;/p-1/t;4?,5-;;;/m.0.../s1. The summed E-state index contributed by atoms with van der Waals surface area (Å²) in [5.74, 6) is -4.22. The summed E-state index contributed by atoms with van der Waals surface area (Å²) in [6.45, 7) is 11.1. The van der Waals surface area contributed by atoms with Crippen molar-refractivity contribution in [2.45, 2.75) is 98.6 Å². The Morgan fingerprint density at radius 1 is 1.10 bits per heavy atom. The molecule has 4 amide bonds. The van der Waals surface area contributed by atoms with Crippen LogP contribution in [-0.2, 0) is 75.1 Å². The molecule has 6 rings (SSSR count). The van der Waals surface area contributed by atoms with Crippen LogP contribution in [0.1, 0.15) is 86.9 Å². The summed E-state index contributed by atoms with van der Waals surface area (Å²) in [5.41, 5.74) is 22.7. The Bertz CT molecular complexity index is 1930. The molecule has 3 aliphatic rings. The van der Waals surface area contributed by atoms with Crippen molar-refractivity contribution < 1.29 is 58.6 Å². The fraction of sp³-hybridized carbons (Fsp3) is 0.457. The number of hydrogen-bond donors (Lipinski definition) is 5. The third-order valence-corrected chi connectivity index (χ3v) is 8.45. The molecule has 15 nitrogen and oxygen atoms in total. The number of nitrogens with two attached hydrogens (primary N) is 2. The molecule has 52 heavy (non-hydrogen) atoms. The molecular formula is C35H45FN7O8Pd-. The second kappa shape index (κ2) is 18.8. The van der Waals surface area contributed by atoms with Crippen molar-refractivity contribution in [2.24, 2.45) is 11.5 Å². The first-order chi connectivity index (χ1) is 24.2. The van der Waals surface area contributed by atoms with Gasteiger partial charge < -0.3 is 47.0 Å². The topological polar surface area (TPSA) is 250 Å². The number of primary amides is 1. The molecule has 0 saturated carbocycles. The molecule has 0 bridgehead atoms. The van der Waals surface area contributed by atoms with Crippen molar-refractivity contribution in [2.75, 3.05) is 6.54 Å². The quantitative estimate of drug-likeness (QED) is 0.134. The number of hydrogen-bond acceptors (Lipinski definition) is 10. The zero-order valence-electron chi connectivity index (χ0n) is 29.9. The summed E-state index contributed by atoms with van der Waals surface area (Å²) in [6.07, 6.45) is 0.604. The Balaban J connectivity index is 0.000000357. The molecule has 0 saturated heterocycles. The molecule has 1 aliphatic carbocycles. The van der Waals surface area contributed by atoms with Gasteiger partial charge in [0.25, 0.3) is 5.56 Å². The van der Waals surface area contributed by atoms with E-state index in [9.17, 15) is 38.3 Å². The molecule has 8 N–H and O–H groups in total. The van der Waals surface area contributed by atoms with Gasteiger partial charge in [-0.05, 0) is 55.9 Å². The van der Waals surface area contributed by atoms with Crippen LogP contribution < -0.4 is 27.7 Å². The van der Waals surface area contributed by atoms with Crippen LogP contribution in [0, 0.1) is 12.7 Å². The summed E-state index contributed by atoms with van der Waals surface area (Å²) < 4.78 is 21.1. The number of amides is 4. The van der Waals surface area contributed by atoms with Crippen LogP contribution in [0.2, 0.25) is 0 Å². The van der Waals surface area contributed by atoms with Crippen LogP contribution in [0.5, 0.6) is 0 Å². The number of cyclic esters (lactones) is 1. The van der Waals surface area contributed by atoms with Crippen LogP contribution in [0.3, 0.4) is 0 Å². The van der Waals surface area contributed by atoms with Gasteiger partial charge in [0.1, 0.15) is 18.5 Å². The van der Waals surface area contributed by atoms with E-state index in [1.807, 2.05) is 27.7 Å². The largest absolute Gasteiger partial charge is 0.668 e. The number of ether oxygens (including phenoxy) is 1. The fourth-order valence-electron chi connectivity index (χ4n) is 6.05. The number of carbonyl (C=O) groups is 5. The van der Waals surface area contributed by atoms with Gasteiger partial charge in [0.15, 0.2) is 6.10 Å². The SMILES string of the molecule is CC.CC.CC(N)C(=O)NCC(=O)N[C@@H](CC([NH-])=O)C(N)=O.Cc1c(F)cc2nc3c(c4c2c1CCC4)Cn1c-3cc2c(c1=O)COC(=O)C2O.[Pd]. The number of aromatic nitrogens is 2. The molecule has 286 valence electrons. The first kappa shape index (κ1) is 43.6. The summed E-state index contributed by atoms with van der Waals surface area (Å²) in [4.78, 5) is 73.4. The summed E-state index contributed by atoms with van der Waals surface area (Å²) in [5, 5.41) is 15.6. The predicted octanol–water partition coefficient (Wildman–Crippen LogP) is 1.89. The number of fused-ring (bicyclic) bond motifs is 5. The zero-order chi connectivity index (χ0) is 38.3. The number of aryl methyl sites for hydroxylation is 2. The van der Waals surface area contributed by atoms with Gasteiger partial charge in [-0.3, -0.25) is 19.2 Å². The second-order valence-corrected chi connectivity index (χ2v) is 11.6. The molecule has 0 fully saturated rings. The van der Waals surface area contributed by atoms with Gasteiger partial charge in [-0.1, -0.05) is 27.7 Å². The van der Waals surface area contributed by atoms with E-state index in [-0.39, 0.29) is 44.0 Å². The average molecular weight is 817 g/mol. The monoisotopic (exact) mass is 816 g/mol. The number of nitrogens with one attached hydrogen (secondary N) is 3. The van der Waals surface area contributed by atoms with E-state index in [2.05, 4.69) is 10.6 Å². The van der Waals surface area contributed by atoms with E-state index in [0.717, 1.165) is 41.3 Å². The first-order valence-corrected chi connectivity index (χ1v) is 16.8. The van der Waals surface area contributed by atoms with Gasteiger partial charge >= 0.3 is 5.97 Å². The van der Waals surface area contributed by atoms with Gasteiger partial charge in [-0.25, -0.2) is 14.2 Å².